The monoisotopic (exact) mass is 413 g/mol. The van der Waals surface area contributed by atoms with Gasteiger partial charge in [0.25, 0.3) is 0 Å². The van der Waals surface area contributed by atoms with Gasteiger partial charge in [-0.2, -0.15) is 0 Å². The van der Waals surface area contributed by atoms with E-state index in [1.807, 2.05) is 11.0 Å². The van der Waals surface area contributed by atoms with Crippen LogP contribution in [0.1, 0.15) is 24.8 Å². The lowest BCUT2D eigenvalue weighted by Crippen LogP contribution is -2.45. The lowest BCUT2D eigenvalue weighted by molar-refractivity contribution is -0.138. The number of carbonyl (C=O) groups excluding carboxylic acids is 1. The molecule has 0 saturated carbocycles. The third kappa shape index (κ3) is 5.04. The topological polar surface area (TPSA) is 107 Å². The van der Waals surface area contributed by atoms with E-state index in [0.717, 1.165) is 39.8 Å². The van der Waals surface area contributed by atoms with Crippen LogP contribution in [-0.4, -0.2) is 57.5 Å². The molecule has 1 fully saturated rings. The zero-order valence-electron chi connectivity index (χ0n) is 15.9. The number of anilines is 2. The second-order valence-electron chi connectivity index (χ2n) is 7.28. The van der Waals surface area contributed by atoms with Gasteiger partial charge >= 0.3 is 5.97 Å². The molecule has 0 unspecified atom stereocenters. The van der Waals surface area contributed by atoms with E-state index in [2.05, 4.69) is 32.7 Å². The van der Waals surface area contributed by atoms with Crippen LogP contribution in [0.15, 0.2) is 40.5 Å². The Hall–Kier alpha value is -2.65. The number of aryl methyl sites for hydroxylation is 1. The van der Waals surface area contributed by atoms with Gasteiger partial charge in [0, 0.05) is 42.8 Å². The van der Waals surface area contributed by atoms with Gasteiger partial charge in [0.05, 0.1) is 12.2 Å². The maximum atomic E-state index is 12.3. The second kappa shape index (κ2) is 8.79. The average molecular weight is 414 g/mol. The summed E-state index contributed by atoms with van der Waals surface area (Å²) in [6.07, 6.45) is 6.02. The van der Waals surface area contributed by atoms with Crippen LogP contribution in [0.4, 0.5) is 11.5 Å². The predicted molar refractivity (Wildman–Crippen MR) is 109 cm³/mol. The third-order valence-corrected chi connectivity index (χ3v) is 6.19. The van der Waals surface area contributed by atoms with E-state index in [9.17, 15) is 9.59 Å². The molecule has 1 saturated heterocycles. The Morgan fingerprint density at radius 3 is 2.83 bits per heavy atom. The van der Waals surface area contributed by atoms with Gasteiger partial charge < -0.3 is 15.7 Å². The molecule has 4 rings (SSSR count). The van der Waals surface area contributed by atoms with Crippen molar-refractivity contribution in [3.05, 3.63) is 36.2 Å². The van der Waals surface area contributed by atoms with Crippen LogP contribution in [0.5, 0.6) is 0 Å². The van der Waals surface area contributed by atoms with E-state index in [0.29, 0.717) is 25.9 Å². The van der Waals surface area contributed by atoms with Gasteiger partial charge in [0.2, 0.25) is 5.91 Å². The molecule has 2 aliphatic rings. The number of benzene rings is 1. The van der Waals surface area contributed by atoms with Crippen LogP contribution < -0.4 is 10.6 Å². The molecule has 1 aromatic carbocycles. The van der Waals surface area contributed by atoms with Crippen LogP contribution in [0.3, 0.4) is 0 Å². The number of fused-ring (bicyclic) bond motifs is 2. The van der Waals surface area contributed by atoms with Gasteiger partial charge in [0.1, 0.15) is 5.03 Å². The van der Waals surface area contributed by atoms with Crippen molar-refractivity contribution in [2.75, 3.05) is 25.0 Å². The molecule has 8 nitrogen and oxygen atoms in total. The maximum absolute atomic E-state index is 12.3. The number of hydrogen-bond acceptors (Lipinski definition) is 7. The first kappa shape index (κ1) is 19.7. The number of piperidine rings is 1. The van der Waals surface area contributed by atoms with Crippen LogP contribution in [0, 0.1) is 0 Å². The average Bonchev–Trinajstić information content (AvgIpc) is 2.71. The fourth-order valence-electron chi connectivity index (χ4n) is 3.62. The normalized spacial score (nSPS) is 16.4. The summed E-state index contributed by atoms with van der Waals surface area (Å²) in [5.74, 6) is -0.00644. The van der Waals surface area contributed by atoms with Gasteiger partial charge in [0.15, 0.2) is 5.82 Å². The van der Waals surface area contributed by atoms with E-state index in [1.54, 1.807) is 24.2 Å². The minimum absolute atomic E-state index is 0.0398. The van der Waals surface area contributed by atoms with Crippen LogP contribution in [0.25, 0.3) is 0 Å². The Balaban J connectivity index is 1.26. The highest BCUT2D eigenvalue weighted by Gasteiger charge is 2.22. The molecule has 0 spiro atoms. The van der Waals surface area contributed by atoms with Crippen molar-refractivity contribution in [3.8, 4) is 0 Å². The SMILES string of the molecule is O=C(O)CN1CCC(NC(=O)CCc2ccc3c(c2)Nc2nccnc2S3)CC1. The van der Waals surface area contributed by atoms with Gasteiger partial charge in [-0.15, -0.1) is 0 Å². The number of rotatable bonds is 6. The van der Waals surface area contributed by atoms with E-state index < -0.39 is 5.97 Å². The molecule has 1 amide bonds. The van der Waals surface area contributed by atoms with Crippen LogP contribution in [0.2, 0.25) is 0 Å². The Morgan fingerprint density at radius 2 is 2.03 bits per heavy atom. The van der Waals surface area contributed by atoms with E-state index in [4.69, 9.17) is 5.11 Å². The molecule has 0 aliphatic carbocycles. The van der Waals surface area contributed by atoms with Crippen molar-refractivity contribution in [1.82, 2.24) is 20.2 Å². The number of nitrogens with one attached hydrogen (secondary N) is 2. The molecule has 1 aromatic heterocycles. The van der Waals surface area contributed by atoms with Crippen LogP contribution in [-0.2, 0) is 16.0 Å². The highest BCUT2D eigenvalue weighted by molar-refractivity contribution is 7.99. The number of nitrogens with zero attached hydrogens (tertiary/aromatic N) is 3. The molecule has 9 heteroatoms. The Kier molecular flexibility index (Phi) is 5.96. The summed E-state index contributed by atoms with van der Waals surface area (Å²) in [5.41, 5.74) is 2.09. The molecular weight excluding hydrogens is 390 g/mol. The van der Waals surface area contributed by atoms with Crippen LogP contribution >= 0.6 is 11.8 Å². The molecule has 29 heavy (non-hydrogen) atoms. The first-order valence-corrected chi connectivity index (χ1v) is 10.5. The molecule has 152 valence electrons. The Morgan fingerprint density at radius 1 is 1.24 bits per heavy atom. The molecule has 3 N–H and O–H groups in total. The summed E-state index contributed by atoms with van der Waals surface area (Å²) in [5, 5.41) is 16.1. The fourth-order valence-corrected chi connectivity index (χ4v) is 4.50. The van der Waals surface area contributed by atoms with Gasteiger partial charge in [-0.1, -0.05) is 17.8 Å². The highest BCUT2D eigenvalue weighted by Crippen LogP contribution is 2.42. The minimum Gasteiger partial charge on any atom is -0.480 e. The maximum Gasteiger partial charge on any atom is 0.317 e. The van der Waals surface area contributed by atoms with Crippen molar-refractivity contribution >= 4 is 35.1 Å². The van der Waals surface area contributed by atoms with E-state index >= 15 is 0 Å². The number of carboxylic acids is 1. The van der Waals surface area contributed by atoms with E-state index in [1.165, 1.54) is 0 Å². The number of aliphatic carboxylic acids is 1. The first-order chi connectivity index (χ1) is 14.1. The number of aromatic nitrogens is 2. The van der Waals surface area contributed by atoms with Crippen molar-refractivity contribution in [2.45, 2.75) is 41.6 Å². The number of likely N-dealkylation sites (tertiary alicyclic amines) is 1. The summed E-state index contributed by atoms with van der Waals surface area (Å²) in [6.45, 7) is 1.48. The first-order valence-electron chi connectivity index (χ1n) is 9.69. The number of carboxylic acid groups (broad SMARTS) is 1. The largest absolute Gasteiger partial charge is 0.480 e. The van der Waals surface area contributed by atoms with Crippen molar-refractivity contribution in [1.29, 1.82) is 0 Å². The van der Waals surface area contributed by atoms with Gasteiger partial charge in [-0.3, -0.25) is 14.5 Å². The van der Waals surface area contributed by atoms with Crippen molar-refractivity contribution in [2.24, 2.45) is 0 Å². The highest BCUT2D eigenvalue weighted by atomic mass is 32.2. The Bertz CT molecular complexity index is 915. The van der Waals surface area contributed by atoms with Gasteiger partial charge in [-0.25, -0.2) is 9.97 Å². The lowest BCUT2D eigenvalue weighted by Gasteiger charge is -2.31. The zero-order valence-corrected chi connectivity index (χ0v) is 16.7. The predicted octanol–water partition coefficient (Wildman–Crippen LogP) is 2.28. The van der Waals surface area contributed by atoms with Crippen molar-refractivity contribution < 1.29 is 14.7 Å². The molecule has 0 atom stereocenters. The van der Waals surface area contributed by atoms with E-state index in [-0.39, 0.29) is 18.5 Å². The molecule has 2 aliphatic heterocycles. The fraction of sp³-hybridized carbons (Fsp3) is 0.400. The second-order valence-corrected chi connectivity index (χ2v) is 8.31. The molecule has 0 radical (unpaired) electrons. The quantitative estimate of drug-likeness (QED) is 0.565. The zero-order chi connectivity index (χ0) is 20.2. The number of amides is 1. The lowest BCUT2D eigenvalue weighted by atomic mass is 10.0. The summed E-state index contributed by atoms with van der Waals surface area (Å²) in [7, 11) is 0. The minimum atomic E-state index is -0.805. The molecular formula is C20H23N5O3S. The molecule has 0 bridgehead atoms. The van der Waals surface area contributed by atoms with Gasteiger partial charge in [-0.05, 0) is 37.0 Å². The third-order valence-electron chi connectivity index (χ3n) is 5.12. The molecule has 3 heterocycles. The summed E-state index contributed by atoms with van der Waals surface area (Å²) >= 11 is 1.59. The smallest absolute Gasteiger partial charge is 0.317 e. The summed E-state index contributed by atoms with van der Waals surface area (Å²) < 4.78 is 0. The Labute approximate surface area is 173 Å². The summed E-state index contributed by atoms with van der Waals surface area (Å²) in [6, 6.07) is 6.30. The standard InChI is InChI=1S/C20H23N5O3S/c26-17(23-14-5-9-25(10-6-14)12-18(27)28)4-2-13-1-3-16-15(11-13)24-19-20(29-16)22-8-7-21-19/h1,3,7-8,11,14H,2,4-6,9-10,12H2,(H,21,24)(H,23,26)(H,27,28). The van der Waals surface area contributed by atoms with Crippen molar-refractivity contribution in [3.63, 3.8) is 0 Å². The summed E-state index contributed by atoms with van der Waals surface area (Å²) in [4.78, 5) is 34.8. The number of hydrogen-bond donors (Lipinski definition) is 3. The molecule has 2 aromatic rings. The number of carbonyl (C=O) groups is 2.